The van der Waals surface area contributed by atoms with E-state index in [2.05, 4.69) is 33.4 Å². The molecular formula is C19H23N3O2S. The zero-order valence-corrected chi connectivity index (χ0v) is 15.0. The fraction of sp³-hybridized carbons (Fsp3) is 0.474. The number of rotatable bonds is 6. The first-order valence-electron chi connectivity index (χ1n) is 8.72. The van der Waals surface area contributed by atoms with Crippen LogP contribution in [-0.4, -0.2) is 42.1 Å². The summed E-state index contributed by atoms with van der Waals surface area (Å²) in [7, 11) is 0. The number of thiophene rings is 1. The number of nitrogens with one attached hydrogen (secondary N) is 1. The van der Waals surface area contributed by atoms with Crippen molar-refractivity contribution in [3.8, 4) is 0 Å². The Hall–Kier alpha value is -1.76. The van der Waals surface area contributed by atoms with Crippen LogP contribution >= 0.6 is 11.3 Å². The summed E-state index contributed by atoms with van der Waals surface area (Å²) in [4.78, 5) is 20.2. The first-order chi connectivity index (χ1) is 12.2. The van der Waals surface area contributed by atoms with Crippen LogP contribution in [0.5, 0.6) is 0 Å². The Morgan fingerprint density at radius 1 is 1.40 bits per heavy atom. The van der Waals surface area contributed by atoms with Crippen molar-refractivity contribution in [3.63, 3.8) is 0 Å². The lowest BCUT2D eigenvalue weighted by atomic mass is 9.78. The highest BCUT2D eigenvalue weighted by atomic mass is 32.1. The minimum atomic E-state index is -0.0352. The van der Waals surface area contributed by atoms with Gasteiger partial charge in [0, 0.05) is 54.7 Å². The van der Waals surface area contributed by atoms with Gasteiger partial charge in [0.15, 0.2) is 0 Å². The Kier molecular flexibility index (Phi) is 4.83. The molecule has 132 valence electrons. The molecule has 25 heavy (non-hydrogen) atoms. The molecule has 0 aliphatic carbocycles. The van der Waals surface area contributed by atoms with Gasteiger partial charge in [-0.05, 0) is 29.1 Å². The maximum atomic E-state index is 12.5. The molecule has 1 N–H and O–H groups in total. The van der Waals surface area contributed by atoms with E-state index in [9.17, 15) is 4.79 Å². The van der Waals surface area contributed by atoms with Gasteiger partial charge in [0.2, 0.25) is 5.91 Å². The molecule has 5 nitrogen and oxygen atoms in total. The van der Waals surface area contributed by atoms with Gasteiger partial charge in [0.25, 0.3) is 0 Å². The van der Waals surface area contributed by atoms with Gasteiger partial charge in [0.05, 0.1) is 19.8 Å². The first kappa shape index (κ1) is 16.7. The van der Waals surface area contributed by atoms with Crippen molar-refractivity contribution in [2.75, 3.05) is 26.3 Å². The number of ether oxygens (including phenoxy) is 1. The number of hydrogen-bond donors (Lipinski definition) is 1. The van der Waals surface area contributed by atoms with Crippen molar-refractivity contribution in [1.29, 1.82) is 0 Å². The van der Waals surface area contributed by atoms with Gasteiger partial charge >= 0.3 is 0 Å². The van der Waals surface area contributed by atoms with E-state index in [4.69, 9.17) is 4.74 Å². The van der Waals surface area contributed by atoms with Crippen molar-refractivity contribution in [2.45, 2.75) is 19.5 Å². The van der Waals surface area contributed by atoms with E-state index in [0.29, 0.717) is 25.5 Å². The molecule has 0 radical (unpaired) electrons. The minimum Gasteiger partial charge on any atom is -0.380 e. The van der Waals surface area contributed by atoms with Crippen LogP contribution in [-0.2, 0) is 22.6 Å². The van der Waals surface area contributed by atoms with E-state index in [1.165, 1.54) is 10.4 Å². The predicted molar refractivity (Wildman–Crippen MR) is 97.0 cm³/mol. The molecule has 2 aromatic rings. The van der Waals surface area contributed by atoms with Gasteiger partial charge in [-0.15, -0.1) is 11.3 Å². The summed E-state index contributed by atoms with van der Waals surface area (Å²) in [6, 6.07) is 8.19. The Labute approximate surface area is 152 Å². The van der Waals surface area contributed by atoms with Crippen LogP contribution in [0.4, 0.5) is 0 Å². The fourth-order valence-corrected chi connectivity index (χ4v) is 4.69. The van der Waals surface area contributed by atoms with Crippen LogP contribution in [0, 0.1) is 11.3 Å². The smallest absolute Gasteiger partial charge is 0.221 e. The third-order valence-electron chi connectivity index (χ3n) is 5.30. The second-order valence-corrected chi connectivity index (χ2v) is 8.16. The SMILES string of the molecule is O=C(C[C@@]12COC[C@@H]1CN(Cc1ccncc1)C2)NCc1cccs1. The Morgan fingerprint density at radius 2 is 2.28 bits per heavy atom. The Balaban J connectivity index is 1.36. The highest BCUT2D eigenvalue weighted by molar-refractivity contribution is 7.09. The molecule has 0 aromatic carbocycles. The average Bonchev–Trinajstić information content (AvgIpc) is 3.30. The average molecular weight is 357 g/mol. The number of hydrogen-bond acceptors (Lipinski definition) is 5. The van der Waals surface area contributed by atoms with E-state index in [1.807, 2.05) is 23.8 Å². The van der Waals surface area contributed by atoms with Gasteiger partial charge in [0.1, 0.15) is 0 Å². The minimum absolute atomic E-state index is 0.0352. The van der Waals surface area contributed by atoms with Gasteiger partial charge in [-0.25, -0.2) is 0 Å². The van der Waals surface area contributed by atoms with E-state index in [-0.39, 0.29) is 11.3 Å². The van der Waals surface area contributed by atoms with Crippen LogP contribution in [0.15, 0.2) is 42.0 Å². The zero-order chi connectivity index (χ0) is 17.1. The summed E-state index contributed by atoms with van der Waals surface area (Å²) in [5.74, 6) is 0.580. The topological polar surface area (TPSA) is 54.5 Å². The number of likely N-dealkylation sites (tertiary alicyclic amines) is 1. The summed E-state index contributed by atoms with van der Waals surface area (Å²) >= 11 is 1.67. The maximum Gasteiger partial charge on any atom is 0.221 e. The predicted octanol–water partition coefficient (Wildman–Crippen LogP) is 2.30. The molecule has 0 bridgehead atoms. The van der Waals surface area contributed by atoms with Crippen LogP contribution in [0.2, 0.25) is 0 Å². The van der Waals surface area contributed by atoms with Gasteiger partial charge in [-0.1, -0.05) is 6.07 Å². The number of pyridine rings is 1. The molecule has 2 aliphatic rings. The summed E-state index contributed by atoms with van der Waals surface area (Å²) in [5.41, 5.74) is 1.24. The lowest BCUT2D eigenvalue weighted by Gasteiger charge is -2.26. The van der Waals surface area contributed by atoms with E-state index in [0.717, 1.165) is 26.2 Å². The molecule has 2 saturated heterocycles. The van der Waals surface area contributed by atoms with Crippen molar-refractivity contribution < 1.29 is 9.53 Å². The molecule has 2 aliphatic heterocycles. The molecule has 0 unspecified atom stereocenters. The molecule has 6 heteroatoms. The maximum absolute atomic E-state index is 12.5. The third-order valence-corrected chi connectivity index (χ3v) is 6.18. The number of fused-ring (bicyclic) bond motifs is 1. The summed E-state index contributed by atoms with van der Waals surface area (Å²) in [5, 5.41) is 5.11. The lowest BCUT2D eigenvalue weighted by Crippen LogP contribution is -2.37. The lowest BCUT2D eigenvalue weighted by molar-refractivity contribution is -0.123. The molecule has 2 atom stereocenters. The first-order valence-corrected chi connectivity index (χ1v) is 9.60. The molecule has 4 heterocycles. The largest absolute Gasteiger partial charge is 0.380 e. The van der Waals surface area contributed by atoms with Crippen molar-refractivity contribution in [3.05, 3.63) is 52.5 Å². The number of carbonyl (C=O) groups is 1. The summed E-state index contributed by atoms with van der Waals surface area (Å²) in [6.07, 6.45) is 4.22. The van der Waals surface area contributed by atoms with Crippen LogP contribution in [0.3, 0.4) is 0 Å². The third kappa shape index (κ3) is 3.76. The Bertz CT molecular complexity index is 707. The molecule has 1 amide bonds. The van der Waals surface area contributed by atoms with Crippen molar-refractivity contribution in [1.82, 2.24) is 15.2 Å². The van der Waals surface area contributed by atoms with Crippen molar-refractivity contribution in [2.24, 2.45) is 11.3 Å². The highest BCUT2D eigenvalue weighted by Gasteiger charge is 2.51. The van der Waals surface area contributed by atoms with Gasteiger partial charge in [-0.2, -0.15) is 0 Å². The fourth-order valence-electron chi connectivity index (χ4n) is 4.04. The number of aromatic nitrogens is 1. The normalized spacial score (nSPS) is 25.8. The second kappa shape index (κ2) is 7.23. The molecular weight excluding hydrogens is 334 g/mol. The van der Waals surface area contributed by atoms with E-state index < -0.39 is 0 Å². The molecule has 0 saturated carbocycles. The Morgan fingerprint density at radius 3 is 3.08 bits per heavy atom. The molecule has 2 aromatic heterocycles. The zero-order valence-electron chi connectivity index (χ0n) is 14.2. The molecule has 4 rings (SSSR count). The molecule has 2 fully saturated rings. The van der Waals surface area contributed by atoms with E-state index in [1.54, 1.807) is 11.3 Å². The van der Waals surface area contributed by atoms with Crippen molar-refractivity contribution >= 4 is 17.2 Å². The number of amides is 1. The van der Waals surface area contributed by atoms with Crippen LogP contribution < -0.4 is 5.32 Å². The van der Waals surface area contributed by atoms with Gasteiger partial charge < -0.3 is 10.1 Å². The monoisotopic (exact) mass is 357 g/mol. The number of carbonyl (C=O) groups excluding carboxylic acids is 1. The summed E-state index contributed by atoms with van der Waals surface area (Å²) in [6.45, 7) is 4.92. The highest BCUT2D eigenvalue weighted by Crippen LogP contribution is 2.44. The van der Waals surface area contributed by atoms with E-state index >= 15 is 0 Å². The second-order valence-electron chi connectivity index (χ2n) is 7.13. The van der Waals surface area contributed by atoms with Gasteiger partial charge in [-0.3, -0.25) is 14.7 Å². The quantitative estimate of drug-likeness (QED) is 0.862. The van der Waals surface area contributed by atoms with Crippen LogP contribution in [0.25, 0.3) is 0 Å². The number of nitrogens with zero attached hydrogens (tertiary/aromatic N) is 2. The van der Waals surface area contributed by atoms with Crippen LogP contribution in [0.1, 0.15) is 16.9 Å². The summed E-state index contributed by atoms with van der Waals surface area (Å²) < 4.78 is 5.75. The standard InChI is InChI=1S/C19H23N3O2S/c23-18(21-9-17-2-1-7-25-17)8-19-13-22(11-16(19)12-24-14-19)10-15-3-5-20-6-4-15/h1-7,16H,8-14H2,(H,21,23)/t16-,19+/m0/s1. The molecule has 0 spiro atoms.